The molecule has 19 heavy (non-hydrogen) atoms. The van der Waals surface area contributed by atoms with Crippen LogP contribution in [0, 0.1) is 6.92 Å². The molecule has 0 saturated heterocycles. The molecule has 0 aliphatic carbocycles. The summed E-state index contributed by atoms with van der Waals surface area (Å²) in [6.45, 7) is 11.0. The predicted molar refractivity (Wildman–Crippen MR) is 81.0 cm³/mol. The van der Waals surface area contributed by atoms with Gasteiger partial charge in [0.15, 0.2) is 0 Å². The fourth-order valence-electron chi connectivity index (χ4n) is 1.43. The molecule has 1 heterocycles. The van der Waals surface area contributed by atoms with Gasteiger partial charge in [0.25, 0.3) is 5.91 Å². The lowest BCUT2D eigenvalue weighted by Gasteiger charge is -2.19. The van der Waals surface area contributed by atoms with E-state index in [1.165, 1.54) is 11.3 Å². The molecule has 0 spiro atoms. The third-order valence-electron chi connectivity index (χ3n) is 3.08. The number of nitrogens with one attached hydrogen (secondary N) is 1. The van der Waals surface area contributed by atoms with Gasteiger partial charge in [-0.25, -0.2) is 4.98 Å². The van der Waals surface area contributed by atoms with Crippen LogP contribution < -0.4 is 5.32 Å². The molecule has 4 nitrogen and oxygen atoms in total. The van der Waals surface area contributed by atoms with Gasteiger partial charge in [0.1, 0.15) is 4.88 Å². The fourth-order valence-corrected chi connectivity index (χ4v) is 2.47. The first-order valence-electron chi connectivity index (χ1n) is 6.55. The number of nitrogens with zero attached hydrogens (tertiary/aromatic N) is 2. The number of likely N-dealkylation sites (N-methyl/N-ethyl adjacent to an activating group) is 1. The Labute approximate surface area is 120 Å². The van der Waals surface area contributed by atoms with Gasteiger partial charge in [0.2, 0.25) is 0 Å². The van der Waals surface area contributed by atoms with Gasteiger partial charge in [-0.05, 0) is 27.9 Å². The average molecular weight is 283 g/mol. The van der Waals surface area contributed by atoms with Crippen LogP contribution in [0.15, 0.2) is 0 Å². The molecule has 1 rings (SSSR count). The van der Waals surface area contributed by atoms with Crippen LogP contribution in [0.2, 0.25) is 0 Å². The molecule has 0 aliphatic rings. The summed E-state index contributed by atoms with van der Waals surface area (Å²) in [6.07, 6.45) is 0. The highest BCUT2D eigenvalue weighted by atomic mass is 32.1. The number of carbonyl (C=O) groups is 1. The van der Waals surface area contributed by atoms with Gasteiger partial charge in [0.05, 0.1) is 10.7 Å². The molecule has 108 valence electrons. The van der Waals surface area contributed by atoms with E-state index < -0.39 is 0 Å². The van der Waals surface area contributed by atoms with E-state index in [4.69, 9.17) is 0 Å². The van der Waals surface area contributed by atoms with Crippen molar-refractivity contribution >= 4 is 17.2 Å². The minimum absolute atomic E-state index is 0.00904. The number of aryl methyl sites for hydroxylation is 1. The molecule has 0 fully saturated rings. The SMILES string of the molecule is Cc1nc(C(C)(C)C)sc1C(=O)NC[C@@H](C)N(C)C. The second-order valence-corrected chi connectivity index (χ2v) is 7.21. The third kappa shape index (κ3) is 4.28. The summed E-state index contributed by atoms with van der Waals surface area (Å²) >= 11 is 1.50. The lowest BCUT2D eigenvalue weighted by molar-refractivity contribution is 0.0947. The van der Waals surface area contributed by atoms with Crippen molar-refractivity contribution in [3.8, 4) is 0 Å². The maximum absolute atomic E-state index is 12.2. The first-order chi connectivity index (χ1) is 8.62. The Balaban J connectivity index is 2.75. The second-order valence-electron chi connectivity index (χ2n) is 6.21. The van der Waals surface area contributed by atoms with Crippen molar-refractivity contribution in [2.45, 2.75) is 46.1 Å². The molecule has 0 unspecified atom stereocenters. The van der Waals surface area contributed by atoms with Gasteiger partial charge in [-0.1, -0.05) is 20.8 Å². The zero-order valence-corrected chi connectivity index (χ0v) is 13.8. The molecule has 0 bridgehead atoms. The summed E-state index contributed by atoms with van der Waals surface area (Å²) in [5, 5.41) is 3.99. The molecule has 0 aromatic carbocycles. The Hall–Kier alpha value is -0.940. The maximum Gasteiger partial charge on any atom is 0.263 e. The summed E-state index contributed by atoms with van der Waals surface area (Å²) in [5.74, 6) is -0.0146. The number of thiazole rings is 1. The monoisotopic (exact) mass is 283 g/mol. The quantitative estimate of drug-likeness (QED) is 0.923. The number of hydrogen-bond acceptors (Lipinski definition) is 4. The number of carbonyl (C=O) groups excluding carboxylic acids is 1. The average Bonchev–Trinajstić information content (AvgIpc) is 2.67. The van der Waals surface area contributed by atoms with E-state index in [0.717, 1.165) is 15.6 Å². The minimum Gasteiger partial charge on any atom is -0.350 e. The van der Waals surface area contributed by atoms with Gasteiger partial charge < -0.3 is 10.2 Å². The van der Waals surface area contributed by atoms with Crippen LogP contribution in [-0.4, -0.2) is 42.5 Å². The smallest absolute Gasteiger partial charge is 0.263 e. The fraction of sp³-hybridized carbons (Fsp3) is 0.714. The molecular weight excluding hydrogens is 258 g/mol. The lowest BCUT2D eigenvalue weighted by atomic mass is 9.98. The second kappa shape index (κ2) is 6.01. The summed E-state index contributed by atoms with van der Waals surface area (Å²) in [6, 6.07) is 0.319. The zero-order valence-electron chi connectivity index (χ0n) is 13.0. The predicted octanol–water partition coefficient (Wildman–Crippen LogP) is 2.43. The van der Waals surface area contributed by atoms with E-state index in [1.54, 1.807) is 0 Å². The Morgan fingerprint density at radius 2 is 2.00 bits per heavy atom. The Kier molecular flexibility index (Phi) is 5.10. The van der Waals surface area contributed by atoms with Gasteiger partial charge in [0, 0.05) is 18.0 Å². The minimum atomic E-state index is -0.0146. The van der Waals surface area contributed by atoms with Crippen LogP contribution in [0.25, 0.3) is 0 Å². The van der Waals surface area contributed by atoms with Crippen LogP contribution in [0.4, 0.5) is 0 Å². The molecule has 1 N–H and O–H groups in total. The molecule has 0 aliphatic heterocycles. The zero-order chi connectivity index (χ0) is 14.8. The molecular formula is C14H25N3OS. The van der Waals surface area contributed by atoms with Crippen LogP contribution in [0.5, 0.6) is 0 Å². The van der Waals surface area contributed by atoms with Gasteiger partial charge >= 0.3 is 0 Å². The number of hydrogen-bond donors (Lipinski definition) is 1. The van der Waals surface area contributed by atoms with Crippen molar-refractivity contribution in [1.82, 2.24) is 15.2 Å². The van der Waals surface area contributed by atoms with E-state index in [-0.39, 0.29) is 11.3 Å². The highest BCUT2D eigenvalue weighted by molar-refractivity contribution is 7.14. The molecule has 0 radical (unpaired) electrons. The van der Waals surface area contributed by atoms with Crippen LogP contribution >= 0.6 is 11.3 Å². The van der Waals surface area contributed by atoms with E-state index in [0.29, 0.717) is 12.6 Å². The van der Waals surface area contributed by atoms with Crippen molar-refractivity contribution in [2.75, 3.05) is 20.6 Å². The Morgan fingerprint density at radius 3 is 2.42 bits per heavy atom. The van der Waals surface area contributed by atoms with Gasteiger partial charge in [-0.15, -0.1) is 11.3 Å². The normalized spacial score (nSPS) is 13.7. The van der Waals surface area contributed by atoms with Crippen molar-refractivity contribution in [3.63, 3.8) is 0 Å². The van der Waals surface area contributed by atoms with Crippen LogP contribution in [0.3, 0.4) is 0 Å². The van der Waals surface area contributed by atoms with Crippen molar-refractivity contribution in [3.05, 3.63) is 15.6 Å². The molecule has 1 amide bonds. The summed E-state index contributed by atoms with van der Waals surface area (Å²) in [7, 11) is 4.01. The molecule has 1 aromatic rings. The van der Waals surface area contributed by atoms with Crippen LogP contribution in [0.1, 0.15) is 48.1 Å². The van der Waals surface area contributed by atoms with Crippen molar-refractivity contribution in [2.24, 2.45) is 0 Å². The maximum atomic E-state index is 12.2. The number of rotatable bonds is 4. The van der Waals surface area contributed by atoms with E-state index in [9.17, 15) is 4.79 Å². The number of aromatic nitrogens is 1. The van der Waals surface area contributed by atoms with Gasteiger partial charge in [-0.3, -0.25) is 4.79 Å². The Bertz CT molecular complexity index is 446. The van der Waals surface area contributed by atoms with Crippen LogP contribution in [-0.2, 0) is 5.41 Å². The Morgan fingerprint density at radius 1 is 1.42 bits per heavy atom. The first kappa shape index (κ1) is 16.1. The topological polar surface area (TPSA) is 45.2 Å². The largest absolute Gasteiger partial charge is 0.350 e. The van der Waals surface area contributed by atoms with Gasteiger partial charge in [-0.2, -0.15) is 0 Å². The van der Waals surface area contributed by atoms with E-state index in [1.807, 2.05) is 21.0 Å². The van der Waals surface area contributed by atoms with Crippen molar-refractivity contribution < 1.29 is 4.79 Å². The van der Waals surface area contributed by atoms with E-state index in [2.05, 4.69) is 42.9 Å². The molecule has 1 aromatic heterocycles. The number of amides is 1. The summed E-state index contributed by atoms with van der Waals surface area (Å²) in [5.41, 5.74) is 0.815. The molecule has 5 heteroatoms. The lowest BCUT2D eigenvalue weighted by Crippen LogP contribution is -2.38. The first-order valence-corrected chi connectivity index (χ1v) is 7.37. The molecule has 0 saturated carbocycles. The van der Waals surface area contributed by atoms with E-state index >= 15 is 0 Å². The summed E-state index contributed by atoms with van der Waals surface area (Å²) < 4.78 is 0. The highest BCUT2D eigenvalue weighted by Gasteiger charge is 2.23. The molecule has 1 atom stereocenters. The standard InChI is InChI=1S/C14H25N3OS/c1-9(17(6)7)8-15-12(18)11-10(2)16-13(19-11)14(3,4)5/h9H,8H2,1-7H3,(H,15,18)/t9-/m1/s1. The third-order valence-corrected chi connectivity index (χ3v) is 4.67. The summed E-state index contributed by atoms with van der Waals surface area (Å²) in [4.78, 5) is 19.5. The van der Waals surface area contributed by atoms with Crippen molar-refractivity contribution in [1.29, 1.82) is 0 Å². The highest BCUT2D eigenvalue weighted by Crippen LogP contribution is 2.29.